The summed E-state index contributed by atoms with van der Waals surface area (Å²) in [5, 5.41) is 4.04. The van der Waals surface area contributed by atoms with Crippen molar-refractivity contribution in [3.8, 4) is 0 Å². The molecule has 0 saturated carbocycles. The molecule has 2 amide bonds. The lowest BCUT2D eigenvalue weighted by molar-refractivity contribution is 0.245. The predicted octanol–water partition coefficient (Wildman–Crippen LogP) is 3.79. The normalized spacial score (nSPS) is 18.2. The summed E-state index contributed by atoms with van der Waals surface area (Å²) in [4.78, 5) is 25.5. The molecule has 2 aliphatic rings. The molecule has 1 aromatic carbocycles. The first-order chi connectivity index (χ1) is 12.6. The number of carbonyl (C=O) groups excluding carboxylic acids is 1. The zero-order valence-corrected chi connectivity index (χ0v) is 15.9. The summed E-state index contributed by atoms with van der Waals surface area (Å²) in [6.45, 7) is 4.07. The van der Waals surface area contributed by atoms with E-state index in [0.29, 0.717) is 17.4 Å². The van der Waals surface area contributed by atoms with Gasteiger partial charge in [0.1, 0.15) is 5.82 Å². The first-order valence-corrected chi connectivity index (χ1v) is 9.40. The van der Waals surface area contributed by atoms with E-state index < -0.39 is 0 Å². The summed E-state index contributed by atoms with van der Waals surface area (Å²) in [5.74, 6) is 0.614. The highest BCUT2D eigenvalue weighted by Crippen LogP contribution is 2.38. The average molecular weight is 392 g/mol. The molecule has 0 spiro atoms. The van der Waals surface area contributed by atoms with Crippen molar-refractivity contribution in [2.45, 2.75) is 32.4 Å². The number of hydrogen-bond donors (Lipinski definition) is 1. The van der Waals surface area contributed by atoms with Gasteiger partial charge in [-0.05, 0) is 56.1 Å². The smallest absolute Gasteiger partial charge is 0.317 e. The summed E-state index contributed by atoms with van der Waals surface area (Å²) < 4.78 is 0. The number of nitrogens with zero attached hydrogens (tertiary/aromatic N) is 4. The van der Waals surface area contributed by atoms with Gasteiger partial charge >= 0.3 is 6.03 Å². The molecule has 26 heavy (non-hydrogen) atoms. The average Bonchev–Trinajstić information content (AvgIpc) is 2.63. The van der Waals surface area contributed by atoms with Crippen LogP contribution in [-0.2, 0) is 6.54 Å². The van der Waals surface area contributed by atoms with E-state index in [1.54, 1.807) is 22.1 Å². The minimum Gasteiger partial charge on any atom is -0.317 e. The molecule has 6 nitrogen and oxygen atoms in total. The lowest BCUT2D eigenvalue weighted by Crippen LogP contribution is -2.55. The molecule has 0 radical (unpaired) electrons. The Hall–Kier alpha value is -1.89. The van der Waals surface area contributed by atoms with Crippen LogP contribution < -0.4 is 15.1 Å². The lowest BCUT2D eigenvalue weighted by Gasteiger charge is -2.42. The van der Waals surface area contributed by atoms with Crippen molar-refractivity contribution >= 4 is 40.7 Å². The highest BCUT2D eigenvalue weighted by Gasteiger charge is 2.38. The van der Waals surface area contributed by atoms with Gasteiger partial charge in [-0.3, -0.25) is 9.80 Å². The third-order valence-corrected chi connectivity index (χ3v) is 5.43. The van der Waals surface area contributed by atoms with Crippen LogP contribution in [0.15, 0.2) is 24.4 Å². The Morgan fingerprint density at radius 1 is 1.23 bits per heavy atom. The largest absolute Gasteiger partial charge is 0.330 e. The minimum atomic E-state index is -0.115. The molecule has 0 bridgehead atoms. The number of piperidine rings is 1. The number of anilines is 2. The number of rotatable bonds is 2. The Morgan fingerprint density at radius 2 is 2.00 bits per heavy atom. The number of carbonyl (C=O) groups is 1. The van der Waals surface area contributed by atoms with Crippen LogP contribution >= 0.6 is 23.2 Å². The van der Waals surface area contributed by atoms with E-state index >= 15 is 0 Å². The molecule has 0 atom stereocenters. The van der Waals surface area contributed by atoms with Gasteiger partial charge in [0, 0.05) is 17.8 Å². The molecular weight excluding hydrogens is 373 g/mol. The van der Waals surface area contributed by atoms with Gasteiger partial charge in [-0.15, -0.1) is 0 Å². The summed E-state index contributed by atoms with van der Waals surface area (Å²) >= 11 is 12.5. The van der Waals surface area contributed by atoms with Gasteiger partial charge in [-0.25, -0.2) is 9.78 Å². The van der Waals surface area contributed by atoms with Crippen molar-refractivity contribution in [3.63, 3.8) is 0 Å². The van der Waals surface area contributed by atoms with Crippen molar-refractivity contribution in [1.82, 2.24) is 15.3 Å². The summed E-state index contributed by atoms with van der Waals surface area (Å²) in [6, 6.07) is 5.60. The zero-order valence-electron chi connectivity index (χ0n) is 14.4. The maximum atomic E-state index is 13.5. The number of aromatic nitrogens is 2. The maximum absolute atomic E-state index is 13.5. The Balaban J connectivity index is 1.82. The highest BCUT2D eigenvalue weighted by molar-refractivity contribution is 6.34. The molecule has 1 fully saturated rings. The van der Waals surface area contributed by atoms with Crippen LogP contribution in [0.4, 0.5) is 16.3 Å². The SMILES string of the molecule is Cc1cccc(Cl)c1N1Cc2cnc(Cl)nc2N(C2CCNCC2)C1=O. The molecule has 1 saturated heterocycles. The Kier molecular flexibility index (Phi) is 4.73. The fourth-order valence-corrected chi connectivity index (χ4v) is 4.14. The minimum absolute atomic E-state index is 0.0686. The fraction of sp³-hybridized carbons (Fsp3) is 0.389. The van der Waals surface area contributed by atoms with Crippen LogP contribution in [0, 0.1) is 6.92 Å². The molecule has 2 aromatic rings. The van der Waals surface area contributed by atoms with Gasteiger partial charge in [0.2, 0.25) is 5.28 Å². The standard InChI is InChI=1S/C18H19Cl2N5O/c1-11-3-2-4-14(19)15(11)24-10-12-9-22-17(20)23-16(12)25(18(24)26)13-5-7-21-8-6-13/h2-4,9,13,21H,5-8,10H2,1H3. The van der Waals surface area contributed by atoms with Gasteiger partial charge in [-0.1, -0.05) is 23.7 Å². The van der Waals surface area contributed by atoms with E-state index in [1.807, 2.05) is 19.1 Å². The number of urea groups is 1. The molecule has 1 N–H and O–H groups in total. The summed E-state index contributed by atoms with van der Waals surface area (Å²) in [7, 11) is 0. The van der Waals surface area contributed by atoms with Crippen molar-refractivity contribution in [2.24, 2.45) is 0 Å². The topological polar surface area (TPSA) is 61.4 Å². The van der Waals surface area contributed by atoms with Crippen molar-refractivity contribution < 1.29 is 4.79 Å². The second-order valence-electron chi connectivity index (χ2n) is 6.61. The van der Waals surface area contributed by atoms with Crippen LogP contribution in [0.5, 0.6) is 0 Å². The summed E-state index contributed by atoms with van der Waals surface area (Å²) in [5.41, 5.74) is 2.56. The number of benzene rings is 1. The fourth-order valence-electron chi connectivity index (χ4n) is 3.69. The number of halogens is 2. The zero-order chi connectivity index (χ0) is 18.3. The van der Waals surface area contributed by atoms with Crippen LogP contribution in [0.2, 0.25) is 10.3 Å². The van der Waals surface area contributed by atoms with Crippen molar-refractivity contribution in [2.75, 3.05) is 22.9 Å². The molecule has 3 heterocycles. The van der Waals surface area contributed by atoms with E-state index in [2.05, 4.69) is 15.3 Å². The van der Waals surface area contributed by atoms with Crippen molar-refractivity contribution in [3.05, 3.63) is 45.8 Å². The molecule has 136 valence electrons. The van der Waals surface area contributed by atoms with E-state index in [9.17, 15) is 4.79 Å². The number of amides is 2. The van der Waals surface area contributed by atoms with Gasteiger partial charge in [-0.2, -0.15) is 4.98 Å². The van der Waals surface area contributed by atoms with Crippen LogP contribution in [-0.4, -0.2) is 35.1 Å². The van der Waals surface area contributed by atoms with Gasteiger partial charge in [0.05, 0.1) is 17.3 Å². The van der Waals surface area contributed by atoms with Crippen LogP contribution in [0.25, 0.3) is 0 Å². The molecule has 1 aromatic heterocycles. The molecule has 0 unspecified atom stereocenters. The third kappa shape index (κ3) is 3.02. The molecule has 4 rings (SSSR count). The number of nitrogens with one attached hydrogen (secondary N) is 1. The van der Waals surface area contributed by atoms with E-state index in [-0.39, 0.29) is 17.4 Å². The van der Waals surface area contributed by atoms with Gasteiger partial charge < -0.3 is 5.32 Å². The molecule has 2 aliphatic heterocycles. The van der Waals surface area contributed by atoms with Gasteiger partial charge in [0.15, 0.2) is 0 Å². The highest BCUT2D eigenvalue weighted by atomic mass is 35.5. The third-order valence-electron chi connectivity index (χ3n) is 4.94. The van der Waals surface area contributed by atoms with Crippen LogP contribution in [0.1, 0.15) is 24.0 Å². The van der Waals surface area contributed by atoms with E-state index in [1.165, 1.54) is 0 Å². The monoisotopic (exact) mass is 391 g/mol. The van der Waals surface area contributed by atoms with Crippen LogP contribution in [0.3, 0.4) is 0 Å². The number of aryl methyl sites for hydroxylation is 1. The quantitative estimate of drug-likeness (QED) is 0.790. The molecular formula is C18H19Cl2N5O. The Labute approximate surface area is 162 Å². The van der Waals surface area contributed by atoms with E-state index in [0.717, 1.165) is 42.7 Å². The Bertz CT molecular complexity index is 833. The second-order valence-corrected chi connectivity index (χ2v) is 7.36. The maximum Gasteiger partial charge on any atom is 0.330 e. The number of para-hydroxylation sites is 1. The predicted molar refractivity (Wildman–Crippen MR) is 103 cm³/mol. The first-order valence-electron chi connectivity index (χ1n) is 8.64. The lowest BCUT2D eigenvalue weighted by atomic mass is 10.0. The first kappa shape index (κ1) is 17.5. The molecule has 0 aliphatic carbocycles. The molecule has 8 heteroatoms. The number of fused-ring (bicyclic) bond motifs is 1. The Morgan fingerprint density at radius 3 is 2.73 bits per heavy atom. The van der Waals surface area contributed by atoms with E-state index in [4.69, 9.17) is 23.2 Å². The van der Waals surface area contributed by atoms with Crippen molar-refractivity contribution in [1.29, 1.82) is 0 Å². The number of hydrogen-bond acceptors (Lipinski definition) is 4. The van der Waals surface area contributed by atoms with Gasteiger partial charge in [0.25, 0.3) is 0 Å². The summed E-state index contributed by atoms with van der Waals surface area (Å²) in [6.07, 6.45) is 3.43. The second kappa shape index (κ2) is 7.02.